The molecule has 0 aromatic heterocycles. The second-order valence-electron chi connectivity index (χ2n) is 4.11. The van der Waals surface area contributed by atoms with E-state index in [1.54, 1.807) is 0 Å². The van der Waals surface area contributed by atoms with Gasteiger partial charge < -0.3 is 11.1 Å². The van der Waals surface area contributed by atoms with Crippen LogP contribution >= 0.6 is 27.0 Å². The Kier molecular flexibility index (Phi) is 24.5. The molecular formula is C12H32N2OS2. The molecule has 0 aromatic rings. The zero-order valence-corrected chi connectivity index (χ0v) is 12.7. The van der Waals surface area contributed by atoms with Gasteiger partial charge in [-0.05, 0) is 18.8 Å². The van der Waals surface area contributed by atoms with Crippen LogP contribution in [0.1, 0.15) is 53.9 Å². The fraction of sp³-hybridized carbons (Fsp3) is 0.917. The van der Waals surface area contributed by atoms with Crippen molar-refractivity contribution in [3.05, 3.63) is 0 Å². The molecule has 0 aromatic carbocycles. The van der Waals surface area contributed by atoms with Crippen molar-refractivity contribution >= 4 is 32.9 Å². The molecule has 0 saturated heterocycles. The third-order valence-corrected chi connectivity index (χ3v) is 2.46. The van der Waals surface area contributed by atoms with E-state index in [4.69, 9.17) is 5.73 Å². The highest BCUT2D eigenvalue weighted by atomic mass is 32.1. The normalized spacial score (nSPS) is 10.6. The lowest BCUT2D eigenvalue weighted by Gasteiger charge is -2.14. The van der Waals surface area contributed by atoms with Crippen molar-refractivity contribution in [2.75, 3.05) is 6.54 Å². The van der Waals surface area contributed by atoms with Gasteiger partial charge in [0.25, 0.3) is 0 Å². The minimum absolute atomic E-state index is 0. The molecule has 1 amide bonds. The van der Waals surface area contributed by atoms with Crippen LogP contribution in [0, 0.1) is 5.92 Å². The molecule has 0 fully saturated rings. The van der Waals surface area contributed by atoms with E-state index in [1.165, 1.54) is 0 Å². The molecule has 0 aliphatic carbocycles. The number of unbranched alkanes of at least 4 members (excludes halogenated alkanes) is 1. The summed E-state index contributed by atoms with van der Waals surface area (Å²) in [5.74, 6) is 0.693. The minimum Gasteiger partial charge on any atom is -0.356 e. The van der Waals surface area contributed by atoms with E-state index in [0.29, 0.717) is 18.4 Å². The Morgan fingerprint density at radius 1 is 1.24 bits per heavy atom. The van der Waals surface area contributed by atoms with Crippen LogP contribution < -0.4 is 11.1 Å². The maximum Gasteiger partial charge on any atom is 0.219 e. The molecule has 0 radical (unpaired) electrons. The fourth-order valence-electron chi connectivity index (χ4n) is 1.19. The smallest absolute Gasteiger partial charge is 0.219 e. The van der Waals surface area contributed by atoms with Crippen molar-refractivity contribution in [2.24, 2.45) is 11.7 Å². The van der Waals surface area contributed by atoms with Crippen molar-refractivity contribution in [2.45, 2.75) is 59.9 Å². The number of hydrogen-bond donors (Lipinski definition) is 2. The second-order valence-corrected chi connectivity index (χ2v) is 4.11. The first-order valence-electron chi connectivity index (χ1n) is 5.60. The van der Waals surface area contributed by atoms with Crippen molar-refractivity contribution in [1.82, 2.24) is 5.32 Å². The minimum atomic E-state index is 0. The topological polar surface area (TPSA) is 55.1 Å². The van der Waals surface area contributed by atoms with Gasteiger partial charge in [-0.1, -0.05) is 34.6 Å². The average molecular weight is 285 g/mol. The summed E-state index contributed by atoms with van der Waals surface area (Å²) in [5.41, 5.74) is 5.90. The van der Waals surface area contributed by atoms with Gasteiger partial charge in [-0.25, -0.2) is 0 Å². The summed E-state index contributed by atoms with van der Waals surface area (Å²) in [6, 6.07) is 0.303. The van der Waals surface area contributed by atoms with E-state index < -0.39 is 0 Å². The lowest BCUT2D eigenvalue weighted by atomic mass is 9.99. The number of amides is 1. The predicted octanol–water partition coefficient (Wildman–Crippen LogP) is 2.53. The molecule has 0 heterocycles. The molecule has 0 rings (SSSR count). The van der Waals surface area contributed by atoms with Crippen LogP contribution in [0.15, 0.2) is 0 Å². The summed E-state index contributed by atoms with van der Waals surface area (Å²) in [5, 5.41) is 2.86. The fourth-order valence-corrected chi connectivity index (χ4v) is 1.19. The standard InChI is InChI=1S/C11H24N2O.CH4.2H2S/c1-4-11(14)13-8-6-5-7-10(12)9(2)3;;;/h9-10H,4-8,12H2,1-3H3,(H,13,14);1H4;2*1H2. The highest BCUT2D eigenvalue weighted by Crippen LogP contribution is 2.06. The lowest BCUT2D eigenvalue weighted by molar-refractivity contribution is -0.120. The number of carbonyl (C=O) groups excluding carboxylic acids is 1. The Bertz CT molecular complexity index is 167. The maximum atomic E-state index is 10.9. The monoisotopic (exact) mass is 284 g/mol. The Balaban J connectivity index is -0.000000282. The molecule has 3 nitrogen and oxygen atoms in total. The van der Waals surface area contributed by atoms with Gasteiger partial charge in [-0.15, -0.1) is 0 Å². The summed E-state index contributed by atoms with van der Waals surface area (Å²) in [6.07, 6.45) is 3.76. The Labute approximate surface area is 121 Å². The zero-order valence-electron chi connectivity index (χ0n) is 10.7. The highest BCUT2D eigenvalue weighted by molar-refractivity contribution is 7.59. The molecule has 5 heteroatoms. The van der Waals surface area contributed by atoms with Crippen LogP contribution in [0.5, 0.6) is 0 Å². The van der Waals surface area contributed by atoms with E-state index in [-0.39, 0.29) is 40.3 Å². The lowest BCUT2D eigenvalue weighted by Crippen LogP contribution is -2.27. The number of rotatable bonds is 7. The van der Waals surface area contributed by atoms with Crippen molar-refractivity contribution in [3.8, 4) is 0 Å². The van der Waals surface area contributed by atoms with Crippen LogP contribution in [-0.2, 0) is 4.79 Å². The van der Waals surface area contributed by atoms with Gasteiger partial charge in [0.1, 0.15) is 0 Å². The van der Waals surface area contributed by atoms with Gasteiger partial charge in [-0.3, -0.25) is 4.79 Å². The SMILES string of the molecule is C.CCC(=O)NCCCCC(N)C(C)C.S.S. The molecule has 0 aliphatic heterocycles. The first-order chi connectivity index (χ1) is 6.57. The van der Waals surface area contributed by atoms with Gasteiger partial charge in [0.05, 0.1) is 0 Å². The van der Waals surface area contributed by atoms with Crippen LogP contribution in [0.3, 0.4) is 0 Å². The third kappa shape index (κ3) is 16.1. The summed E-state index contributed by atoms with van der Waals surface area (Å²) in [6.45, 7) is 6.94. The van der Waals surface area contributed by atoms with E-state index in [2.05, 4.69) is 19.2 Å². The third-order valence-electron chi connectivity index (χ3n) is 2.46. The summed E-state index contributed by atoms with van der Waals surface area (Å²) >= 11 is 0. The zero-order chi connectivity index (χ0) is 11.0. The molecule has 1 atom stereocenters. The molecular weight excluding hydrogens is 252 g/mol. The predicted molar refractivity (Wildman–Crippen MR) is 87.5 cm³/mol. The maximum absolute atomic E-state index is 10.9. The highest BCUT2D eigenvalue weighted by Gasteiger charge is 2.06. The molecule has 0 spiro atoms. The van der Waals surface area contributed by atoms with E-state index in [9.17, 15) is 4.79 Å². The van der Waals surface area contributed by atoms with Gasteiger partial charge in [0.15, 0.2) is 0 Å². The Morgan fingerprint density at radius 2 is 1.76 bits per heavy atom. The molecule has 108 valence electrons. The van der Waals surface area contributed by atoms with Gasteiger partial charge in [0, 0.05) is 19.0 Å². The van der Waals surface area contributed by atoms with E-state index in [1.807, 2.05) is 6.92 Å². The molecule has 17 heavy (non-hydrogen) atoms. The summed E-state index contributed by atoms with van der Waals surface area (Å²) in [7, 11) is 0. The first kappa shape index (κ1) is 25.9. The number of carbonyl (C=O) groups is 1. The van der Waals surface area contributed by atoms with Crippen LogP contribution in [0.25, 0.3) is 0 Å². The first-order valence-corrected chi connectivity index (χ1v) is 5.60. The largest absolute Gasteiger partial charge is 0.356 e. The van der Waals surface area contributed by atoms with Crippen molar-refractivity contribution in [3.63, 3.8) is 0 Å². The average Bonchev–Trinajstić information content (AvgIpc) is 2.16. The van der Waals surface area contributed by atoms with Crippen LogP contribution in [0.4, 0.5) is 0 Å². The number of hydrogen-bond acceptors (Lipinski definition) is 2. The summed E-state index contributed by atoms with van der Waals surface area (Å²) in [4.78, 5) is 10.9. The summed E-state index contributed by atoms with van der Waals surface area (Å²) < 4.78 is 0. The molecule has 0 saturated carbocycles. The number of nitrogens with one attached hydrogen (secondary N) is 1. The van der Waals surface area contributed by atoms with E-state index in [0.717, 1.165) is 25.8 Å². The molecule has 0 aliphatic rings. The Hall–Kier alpha value is 0.130. The molecule has 0 bridgehead atoms. The second kappa shape index (κ2) is 16.1. The van der Waals surface area contributed by atoms with E-state index >= 15 is 0 Å². The quantitative estimate of drug-likeness (QED) is 0.706. The number of nitrogens with two attached hydrogens (primary N) is 1. The van der Waals surface area contributed by atoms with Gasteiger partial charge in [-0.2, -0.15) is 27.0 Å². The van der Waals surface area contributed by atoms with Crippen LogP contribution in [0.2, 0.25) is 0 Å². The van der Waals surface area contributed by atoms with Gasteiger partial charge in [0.2, 0.25) is 5.91 Å². The van der Waals surface area contributed by atoms with Crippen molar-refractivity contribution in [1.29, 1.82) is 0 Å². The van der Waals surface area contributed by atoms with Crippen LogP contribution in [-0.4, -0.2) is 18.5 Å². The van der Waals surface area contributed by atoms with Gasteiger partial charge >= 0.3 is 0 Å². The Morgan fingerprint density at radius 3 is 2.18 bits per heavy atom. The van der Waals surface area contributed by atoms with Crippen molar-refractivity contribution < 1.29 is 4.79 Å². The molecule has 3 N–H and O–H groups in total. The molecule has 1 unspecified atom stereocenters.